The monoisotopic (exact) mass is 324 g/mol. The molecule has 0 aliphatic rings. The highest BCUT2D eigenvalue weighted by Crippen LogP contribution is 2.28. The Labute approximate surface area is 146 Å². The van der Waals surface area contributed by atoms with Crippen molar-refractivity contribution < 1.29 is 9.47 Å². The van der Waals surface area contributed by atoms with Crippen LogP contribution in [0.25, 0.3) is 6.08 Å². The van der Waals surface area contributed by atoms with Gasteiger partial charge in [0.2, 0.25) is 0 Å². The van der Waals surface area contributed by atoms with Crippen LogP contribution in [0.1, 0.15) is 55.7 Å². The highest BCUT2D eigenvalue weighted by Gasteiger charge is 2.07. The Balaban J connectivity index is 2.04. The second-order valence-corrected chi connectivity index (χ2v) is 6.48. The van der Waals surface area contributed by atoms with E-state index in [1.54, 1.807) is 14.2 Å². The maximum Gasteiger partial charge on any atom is 0.161 e. The molecule has 0 saturated heterocycles. The Morgan fingerprint density at radius 1 is 0.875 bits per heavy atom. The van der Waals surface area contributed by atoms with E-state index in [0.29, 0.717) is 11.8 Å². The third kappa shape index (κ3) is 4.64. The van der Waals surface area contributed by atoms with Gasteiger partial charge >= 0.3 is 0 Å². The van der Waals surface area contributed by atoms with Crippen molar-refractivity contribution >= 4 is 6.08 Å². The molecule has 0 radical (unpaired) electrons. The van der Waals surface area contributed by atoms with Crippen molar-refractivity contribution in [3.05, 3.63) is 65.2 Å². The van der Waals surface area contributed by atoms with Gasteiger partial charge in [-0.3, -0.25) is 0 Å². The molecule has 0 aliphatic heterocycles. The molecular formula is C22H28O2. The van der Waals surface area contributed by atoms with Crippen LogP contribution >= 0.6 is 0 Å². The first-order chi connectivity index (χ1) is 11.5. The fraction of sp³-hybridized carbons (Fsp3) is 0.364. The van der Waals surface area contributed by atoms with Crippen LogP contribution in [0, 0.1) is 0 Å². The Bertz CT molecular complexity index is 686. The first-order valence-corrected chi connectivity index (χ1v) is 8.53. The van der Waals surface area contributed by atoms with E-state index in [9.17, 15) is 0 Å². The zero-order valence-corrected chi connectivity index (χ0v) is 15.4. The van der Waals surface area contributed by atoms with E-state index in [1.165, 1.54) is 11.1 Å². The van der Waals surface area contributed by atoms with Crippen molar-refractivity contribution in [2.75, 3.05) is 14.2 Å². The van der Waals surface area contributed by atoms with Crippen molar-refractivity contribution in [1.29, 1.82) is 0 Å². The van der Waals surface area contributed by atoms with E-state index in [-0.39, 0.29) is 0 Å². The van der Waals surface area contributed by atoms with Gasteiger partial charge in [-0.25, -0.2) is 0 Å². The lowest BCUT2D eigenvalue weighted by atomic mass is 9.93. The number of methoxy groups -OCH3 is 2. The summed E-state index contributed by atoms with van der Waals surface area (Å²) in [6.45, 7) is 6.75. The molecule has 0 saturated carbocycles. The summed E-state index contributed by atoms with van der Waals surface area (Å²) in [5, 5.41) is 0. The largest absolute Gasteiger partial charge is 0.493 e. The minimum Gasteiger partial charge on any atom is -0.493 e. The summed E-state index contributed by atoms with van der Waals surface area (Å²) < 4.78 is 10.6. The zero-order valence-electron chi connectivity index (χ0n) is 15.4. The quantitative estimate of drug-likeness (QED) is 0.618. The molecule has 0 N–H and O–H groups in total. The summed E-state index contributed by atoms with van der Waals surface area (Å²) in [5.74, 6) is 2.59. The molecule has 0 fully saturated rings. The van der Waals surface area contributed by atoms with Gasteiger partial charge in [0.05, 0.1) is 14.2 Å². The van der Waals surface area contributed by atoms with Crippen LogP contribution < -0.4 is 9.47 Å². The number of ether oxygens (including phenoxy) is 2. The Kier molecular flexibility index (Phi) is 6.48. The highest BCUT2D eigenvalue weighted by molar-refractivity contribution is 5.56. The minimum absolute atomic E-state index is 0.500. The van der Waals surface area contributed by atoms with Crippen LogP contribution in [0.5, 0.6) is 11.5 Å². The van der Waals surface area contributed by atoms with E-state index in [1.807, 2.05) is 18.2 Å². The molecule has 2 aromatic rings. The van der Waals surface area contributed by atoms with Gasteiger partial charge in [0.15, 0.2) is 11.5 Å². The van der Waals surface area contributed by atoms with Crippen LogP contribution in [0.2, 0.25) is 0 Å². The van der Waals surface area contributed by atoms with Crippen LogP contribution in [-0.2, 0) is 0 Å². The molecule has 0 aliphatic carbocycles. The van der Waals surface area contributed by atoms with Gasteiger partial charge in [-0.1, -0.05) is 63.3 Å². The lowest BCUT2D eigenvalue weighted by Gasteiger charge is -2.13. The number of hydrogen-bond acceptors (Lipinski definition) is 2. The van der Waals surface area contributed by atoms with Gasteiger partial charge in [-0.2, -0.15) is 0 Å². The standard InChI is InChI=1S/C22H28O2/c1-16(2)19-10-7-11-20(15-19)17(3)8-6-9-18-12-13-21(23-4)22(14-18)24-5/h6-7,9-17H,8H2,1-5H3. The third-order valence-electron chi connectivity index (χ3n) is 4.35. The average Bonchev–Trinajstić information content (AvgIpc) is 2.61. The number of rotatable bonds is 7. The van der Waals surface area contributed by atoms with Crippen molar-refractivity contribution in [3.8, 4) is 11.5 Å². The number of hydrogen-bond donors (Lipinski definition) is 0. The second-order valence-electron chi connectivity index (χ2n) is 6.48. The van der Waals surface area contributed by atoms with Gasteiger partial charge in [0.1, 0.15) is 0 Å². The molecule has 0 aromatic heterocycles. The summed E-state index contributed by atoms with van der Waals surface area (Å²) in [6, 6.07) is 14.9. The average molecular weight is 324 g/mol. The first kappa shape index (κ1) is 18.1. The van der Waals surface area contributed by atoms with E-state index in [2.05, 4.69) is 57.2 Å². The molecule has 24 heavy (non-hydrogen) atoms. The van der Waals surface area contributed by atoms with E-state index < -0.39 is 0 Å². The molecule has 0 bridgehead atoms. The SMILES string of the molecule is COc1ccc(C=CCC(C)c2cccc(C(C)C)c2)cc1OC. The van der Waals surface area contributed by atoms with Crippen molar-refractivity contribution in [2.45, 2.75) is 39.0 Å². The van der Waals surface area contributed by atoms with Gasteiger partial charge < -0.3 is 9.47 Å². The summed E-state index contributed by atoms with van der Waals surface area (Å²) in [4.78, 5) is 0. The molecule has 2 heteroatoms. The van der Waals surface area contributed by atoms with Crippen LogP contribution in [0.15, 0.2) is 48.5 Å². The molecule has 2 nitrogen and oxygen atoms in total. The topological polar surface area (TPSA) is 18.5 Å². The lowest BCUT2D eigenvalue weighted by Crippen LogP contribution is -1.95. The maximum absolute atomic E-state index is 5.35. The normalized spacial score (nSPS) is 12.6. The smallest absolute Gasteiger partial charge is 0.161 e. The van der Waals surface area contributed by atoms with Crippen LogP contribution in [0.4, 0.5) is 0 Å². The molecule has 0 heterocycles. The predicted octanol–water partition coefficient (Wildman–Crippen LogP) is 6.03. The molecule has 1 unspecified atom stereocenters. The van der Waals surface area contributed by atoms with E-state index in [0.717, 1.165) is 23.5 Å². The molecule has 0 spiro atoms. The lowest BCUT2D eigenvalue weighted by molar-refractivity contribution is 0.355. The highest BCUT2D eigenvalue weighted by atomic mass is 16.5. The molecule has 2 rings (SSSR count). The number of benzene rings is 2. The van der Waals surface area contributed by atoms with Crippen molar-refractivity contribution in [1.82, 2.24) is 0 Å². The van der Waals surface area contributed by atoms with Gasteiger partial charge in [0.25, 0.3) is 0 Å². The second kappa shape index (κ2) is 8.58. The van der Waals surface area contributed by atoms with E-state index in [4.69, 9.17) is 9.47 Å². The fourth-order valence-corrected chi connectivity index (χ4v) is 2.73. The summed E-state index contributed by atoms with van der Waals surface area (Å²) in [6.07, 6.45) is 5.38. The maximum atomic E-state index is 5.35. The van der Waals surface area contributed by atoms with Gasteiger partial charge in [-0.05, 0) is 47.1 Å². The first-order valence-electron chi connectivity index (χ1n) is 8.53. The Hall–Kier alpha value is -2.22. The summed E-state index contributed by atoms with van der Waals surface area (Å²) in [7, 11) is 3.31. The van der Waals surface area contributed by atoms with Crippen LogP contribution in [-0.4, -0.2) is 14.2 Å². The minimum atomic E-state index is 0.500. The van der Waals surface area contributed by atoms with Crippen LogP contribution in [0.3, 0.4) is 0 Å². The number of allylic oxidation sites excluding steroid dienone is 1. The van der Waals surface area contributed by atoms with Gasteiger partial charge in [-0.15, -0.1) is 0 Å². The summed E-state index contributed by atoms with van der Waals surface area (Å²) >= 11 is 0. The fourth-order valence-electron chi connectivity index (χ4n) is 2.73. The Morgan fingerprint density at radius 3 is 2.25 bits per heavy atom. The molecular weight excluding hydrogens is 296 g/mol. The Morgan fingerprint density at radius 2 is 1.58 bits per heavy atom. The molecule has 128 valence electrons. The summed E-state index contributed by atoms with van der Waals surface area (Å²) in [5.41, 5.74) is 3.93. The van der Waals surface area contributed by atoms with Crippen molar-refractivity contribution in [3.63, 3.8) is 0 Å². The predicted molar refractivity (Wildman–Crippen MR) is 102 cm³/mol. The third-order valence-corrected chi connectivity index (χ3v) is 4.35. The molecule has 1 atom stereocenters. The van der Waals surface area contributed by atoms with E-state index >= 15 is 0 Å². The zero-order chi connectivity index (χ0) is 17.5. The van der Waals surface area contributed by atoms with Crippen molar-refractivity contribution in [2.24, 2.45) is 0 Å². The molecule has 0 amide bonds. The molecule has 2 aromatic carbocycles. The van der Waals surface area contributed by atoms with Gasteiger partial charge in [0, 0.05) is 0 Å².